The molecule has 138 valence electrons. The minimum atomic E-state index is 1.07. The van der Waals surface area contributed by atoms with E-state index in [0.29, 0.717) is 0 Å². The third kappa shape index (κ3) is 3.89. The summed E-state index contributed by atoms with van der Waals surface area (Å²) in [4.78, 5) is 4.74. The van der Waals surface area contributed by atoms with Crippen molar-refractivity contribution < 1.29 is 0 Å². The first kappa shape index (κ1) is 17.6. The second-order valence-electron chi connectivity index (χ2n) is 6.93. The Morgan fingerprint density at radius 3 is 1.72 bits per heavy atom. The van der Waals surface area contributed by atoms with Gasteiger partial charge in [-0.2, -0.15) is 0 Å². The van der Waals surface area contributed by atoms with Crippen LogP contribution >= 0.6 is 11.3 Å². The van der Waals surface area contributed by atoms with Gasteiger partial charge in [-0.15, -0.1) is 11.3 Å². The van der Waals surface area contributed by atoms with Crippen molar-refractivity contribution in [2.45, 2.75) is 0 Å². The Morgan fingerprint density at radius 1 is 0.517 bits per heavy atom. The molecule has 1 nitrogen and oxygen atoms in total. The molecule has 0 unspecified atom stereocenters. The summed E-state index contributed by atoms with van der Waals surface area (Å²) in [6.45, 7) is 0. The molecular formula is C27H19NS. The Balaban J connectivity index is 1.32. The van der Waals surface area contributed by atoms with Gasteiger partial charge in [0, 0.05) is 5.56 Å². The zero-order valence-corrected chi connectivity index (χ0v) is 16.6. The van der Waals surface area contributed by atoms with Crippen LogP contribution in [0.15, 0.2) is 103 Å². The van der Waals surface area contributed by atoms with Crippen molar-refractivity contribution in [3.05, 3.63) is 114 Å². The largest absolute Gasteiger partial charge is 0.236 e. The van der Waals surface area contributed by atoms with E-state index < -0.39 is 0 Å². The lowest BCUT2D eigenvalue weighted by molar-refractivity contribution is 1.47. The van der Waals surface area contributed by atoms with Crippen LogP contribution in [0.2, 0.25) is 0 Å². The predicted octanol–water partition coefficient (Wildman–Crippen LogP) is 7.80. The maximum absolute atomic E-state index is 4.74. The van der Waals surface area contributed by atoms with E-state index in [9.17, 15) is 0 Å². The molecule has 29 heavy (non-hydrogen) atoms. The summed E-state index contributed by atoms with van der Waals surface area (Å²) in [5, 5.41) is 1.07. The molecule has 0 spiro atoms. The van der Waals surface area contributed by atoms with Crippen LogP contribution in [-0.2, 0) is 0 Å². The van der Waals surface area contributed by atoms with Gasteiger partial charge in [0.1, 0.15) is 5.01 Å². The summed E-state index contributed by atoms with van der Waals surface area (Å²) in [5.41, 5.74) is 7.09. The number of aromatic nitrogens is 1. The molecule has 0 aliphatic carbocycles. The SMILES string of the molecule is C(=Cc1ccc(-c2nc3ccccc3s2)cc1)c1ccc(-c2ccccc2)cc1. The van der Waals surface area contributed by atoms with E-state index in [1.807, 2.05) is 12.1 Å². The van der Waals surface area contributed by atoms with Crippen molar-refractivity contribution in [3.63, 3.8) is 0 Å². The Labute approximate surface area is 174 Å². The minimum Gasteiger partial charge on any atom is -0.236 e. The summed E-state index contributed by atoms with van der Waals surface area (Å²) in [7, 11) is 0. The molecule has 0 radical (unpaired) electrons. The molecule has 0 atom stereocenters. The average Bonchev–Trinajstić information content (AvgIpc) is 3.23. The van der Waals surface area contributed by atoms with Crippen LogP contribution < -0.4 is 0 Å². The van der Waals surface area contributed by atoms with Gasteiger partial charge in [0.25, 0.3) is 0 Å². The highest BCUT2D eigenvalue weighted by atomic mass is 32.1. The summed E-state index contributed by atoms with van der Waals surface area (Å²) >= 11 is 1.74. The van der Waals surface area contributed by atoms with Gasteiger partial charge < -0.3 is 0 Å². The minimum absolute atomic E-state index is 1.07. The van der Waals surface area contributed by atoms with E-state index in [-0.39, 0.29) is 0 Å². The van der Waals surface area contributed by atoms with Gasteiger partial charge >= 0.3 is 0 Å². The monoisotopic (exact) mass is 389 g/mol. The highest BCUT2D eigenvalue weighted by Crippen LogP contribution is 2.30. The van der Waals surface area contributed by atoms with Crippen molar-refractivity contribution in [1.82, 2.24) is 4.98 Å². The van der Waals surface area contributed by atoms with Gasteiger partial charge in [-0.05, 0) is 34.4 Å². The summed E-state index contributed by atoms with van der Waals surface area (Å²) in [5.74, 6) is 0. The van der Waals surface area contributed by atoms with Crippen LogP contribution in [0.5, 0.6) is 0 Å². The summed E-state index contributed by atoms with van der Waals surface area (Å²) < 4.78 is 1.23. The fourth-order valence-electron chi connectivity index (χ4n) is 3.34. The number of para-hydroxylation sites is 1. The molecule has 0 saturated heterocycles. The van der Waals surface area contributed by atoms with E-state index in [2.05, 4.69) is 103 Å². The highest BCUT2D eigenvalue weighted by molar-refractivity contribution is 7.21. The molecule has 0 aliphatic heterocycles. The standard InChI is InChI=1S/C27H19NS/c1-2-6-22(7-3-1)23-16-12-20(13-17-23)10-11-21-14-18-24(19-15-21)27-28-25-8-4-5-9-26(25)29-27/h1-19H. The third-order valence-electron chi connectivity index (χ3n) is 4.94. The maximum atomic E-state index is 4.74. The van der Waals surface area contributed by atoms with Crippen molar-refractivity contribution in [2.75, 3.05) is 0 Å². The molecule has 4 aromatic carbocycles. The van der Waals surface area contributed by atoms with Gasteiger partial charge in [0.2, 0.25) is 0 Å². The fraction of sp³-hybridized carbons (Fsp3) is 0. The molecule has 0 aliphatic rings. The highest BCUT2D eigenvalue weighted by Gasteiger charge is 2.05. The van der Waals surface area contributed by atoms with E-state index in [0.717, 1.165) is 16.1 Å². The number of nitrogens with zero attached hydrogens (tertiary/aromatic N) is 1. The lowest BCUT2D eigenvalue weighted by atomic mass is 10.0. The van der Waals surface area contributed by atoms with Gasteiger partial charge in [0.05, 0.1) is 10.2 Å². The number of fused-ring (bicyclic) bond motifs is 1. The number of hydrogen-bond donors (Lipinski definition) is 0. The number of thiazole rings is 1. The van der Waals surface area contributed by atoms with Crippen molar-refractivity contribution in [1.29, 1.82) is 0 Å². The quantitative estimate of drug-likeness (QED) is 0.286. The topological polar surface area (TPSA) is 12.9 Å². The molecule has 5 rings (SSSR count). The molecule has 0 N–H and O–H groups in total. The molecule has 0 fully saturated rings. The molecule has 0 amide bonds. The average molecular weight is 390 g/mol. The summed E-state index contributed by atoms with van der Waals surface area (Å²) in [6, 6.07) is 36.0. The lowest BCUT2D eigenvalue weighted by Gasteiger charge is -2.02. The van der Waals surface area contributed by atoms with Crippen molar-refractivity contribution in [3.8, 4) is 21.7 Å². The molecule has 0 bridgehead atoms. The maximum Gasteiger partial charge on any atom is 0.124 e. The molecular weight excluding hydrogens is 370 g/mol. The number of benzene rings is 4. The Morgan fingerprint density at radius 2 is 1.07 bits per heavy atom. The normalized spacial score (nSPS) is 11.3. The Kier molecular flexibility index (Phi) is 4.77. The zero-order valence-electron chi connectivity index (χ0n) is 15.8. The first-order valence-corrected chi connectivity index (χ1v) is 10.5. The number of rotatable bonds is 4. The molecule has 2 heteroatoms. The smallest absolute Gasteiger partial charge is 0.124 e. The van der Waals surface area contributed by atoms with Gasteiger partial charge in [0.15, 0.2) is 0 Å². The summed E-state index contributed by atoms with van der Waals surface area (Å²) in [6.07, 6.45) is 4.31. The van der Waals surface area contributed by atoms with E-state index in [1.165, 1.54) is 27.0 Å². The van der Waals surface area contributed by atoms with Crippen LogP contribution in [0.1, 0.15) is 11.1 Å². The van der Waals surface area contributed by atoms with Gasteiger partial charge in [-0.3, -0.25) is 0 Å². The second kappa shape index (κ2) is 7.86. The van der Waals surface area contributed by atoms with Gasteiger partial charge in [-0.1, -0.05) is 103 Å². The zero-order chi connectivity index (χ0) is 19.5. The Bertz CT molecular complexity index is 1230. The van der Waals surface area contributed by atoms with Crippen LogP contribution in [-0.4, -0.2) is 4.98 Å². The van der Waals surface area contributed by atoms with Crippen LogP contribution in [0.25, 0.3) is 44.1 Å². The number of hydrogen-bond acceptors (Lipinski definition) is 2. The van der Waals surface area contributed by atoms with Gasteiger partial charge in [-0.25, -0.2) is 4.98 Å². The second-order valence-corrected chi connectivity index (χ2v) is 7.96. The van der Waals surface area contributed by atoms with E-state index in [4.69, 9.17) is 4.98 Å². The third-order valence-corrected chi connectivity index (χ3v) is 6.02. The molecule has 1 aromatic heterocycles. The van der Waals surface area contributed by atoms with Crippen LogP contribution in [0.4, 0.5) is 0 Å². The van der Waals surface area contributed by atoms with Crippen LogP contribution in [0.3, 0.4) is 0 Å². The van der Waals surface area contributed by atoms with Crippen LogP contribution in [0, 0.1) is 0 Å². The predicted molar refractivity (Wildman–Crippen MR) is 126 cm³/mol. The van der Waals surface area contributed by atoms with E-state index in [1.54, 1.807) is 11.3 Å². The fourth-order valence-corrected chi connectivity index (χ4v) is 4.31. The van der Waals surface area contributed by atoms with Crippen molar-refractivity contribution >= 4 is 33.7 Å². The molecule has 0 saturated carbocycles. The van der Waals surface area contributed by atoms with E-state index >= 15 is 0 Å². The Hall–Kier alpha value is -3.49. The first-order valence-electron chi connectivity index (χ1n) is 9.65. The van der Waals surface area contributed by atoms with Crippen molar-refractivity contribution in [2.24, 2.45) is 0 Å². The first-order chi connectivity index (χ1) is 14.3. The lowest BCUT2D eigenvalue weighted by Crippen LogP contribution is -1.79. The molecule has 5 aromatic rings. The molecule has 1 heterocycles.